The molecule has 0 radical (unpaired) electrons. The third-order valence-corrected chi connectivity index (χ3v) is 4.59. The summed E-state index contributed by atoms with van der Waals surface area (Å²) in [7, 11) is 1.33. The number of methoxy groups -OCH3 is 1. The summed E-state index contributed by atoms with van der Waals surface area (Å²) < 4.78 is 11.3. The minimum absolute atomic E-state index is 0.416. The number of carbonyl (C=O) groups excluding carboxylic acids is 2. The van der Waals surface area contributed by atoms with Gasteiger partial charge in [-0.25, -0.2) is 4.79 Å². The van der Waals surface area contributed by atoms with E-state index in [1.54, 1.807) is 18.2 Å². The second-order valence-corrected chi connectivity index (χ2v) is 5.94. The molecule has 23 heavy (non-hydrogen) atoms. The maximum Gasteiger partial charge on any atom is 0.348 e. The highest BCUT2D eigenvalue weighted by Gasteiger charge is 2.16. The normalized spacial score (nSPS) is 10.5. The second kappa shape index (κ2) is 6.62. The van der Waals surface area contributed by atoms with Gasteiger partial charge in [0, 0.05) is 15.6 Å². The Kier molecular flexibility index (Phi) is 4.39. The van der Waals surface area contributed by atoms with Gasteiger partial charge in [0.2, 0.25) is 0 Å². The number of esters is 1. The highest BCUT2D eigenvalue weighted by molar-refractivity contribution is 7.21. The van der Waals surface area contributed by atoms with Crippen molar-refractivity contribution in [2.24, 2.45) is 0 Å². The molecule has 0 saturated heterocycles. The predicted octanol–water partition coefficient (Wildman–Crippen LogP) is 4.08. The molecule has 4 nitrogen and oxygen atoms in total. The second-order valence-electron chi connectivity index (χ2n) is 4.89. The Labute approximate surface area is 137 Å². The number of ether oxygens (including phenoxy) is 2. The van der Waals surface area contributed by atoms with Crippen LogP contribution in [-0.2, 0) is 11.3 Å². The first-order valence-corrected chi connectivity index (χ1v) is 7.81. The number of rotatable bonds is 5. The quantitative estimate of drug-likeness (QED) is 0.524. The first-order valence-electron chi connectivity index (χ1n) is 6.99. The fourth-order valence-electron chi connectivity index (χ4n) is 2.27. The van der Waals surface area contributed by atoms with Gasteiger partial charge >= 0.3 is 5.97 Å². The van der Waals surface area contributed by atoms with Crippen molar-refractivity contribution >= 4 is 33.7 Å². The van der Waals surface area contributed by atoms with Crippen LogP contribution in [-0.4, -0.2) is 19.4 Å². The molecule has 0 atom stereocenters. The maximum atomic E-state index is 11.7. The number of benzene rings is 2. The monoisotopic (exact) mass is 326 g/mol. The van der Waals surface area contributed by atoms with Gasteiger partial charge < -0.3 is 9.47 Å². The van der Waals surface area contributed by atoms with Crippen LogP contribution in [0.15, 0.2) is 48.5 Å². The van der Waals surface area contributed by atoms with Crippen molar-refractivity contribution in [3.8, 4) is 5.75 Å². The number of carbonyl (C=O) groups is 2. The van der Waals surface area contributed by atoms with Crippen molar-refractivity contribution in [2.45, 2.75) is 6.61 Å². The highest BCUT2D eigenvalue weighted by Crippen LogP contribution is 2.35. The van der Waals surface area contributed by atoms with Gasteiger partial charge in [-0.3, -0.25) is 4.79 Å². The minimum Gasteiger partial charge on any atom is -0.488 e. The number of aldehydes is 1. The van der Waals surface area contributed by atoms with Crippen molar-refractivity contribution in [3.63, 3.8) is 0 Å². The maximum absolute atomic E-state index is 11.7. The summed E-state index contributed by atoms with van der Waals surface area (Å²) in [5.74, 6) is 0.220. The van der Waals surface area contributed by atoms with Gasteiger partial charge in [0.05, 0.1) is 7.11 Å². The molecule has 0 spiro atoms. The zero-order valence-electron chi connectivity index (χ0n) is 12.4. The van der Waals surface area contributed by atoms with Crippen LogP contribution in [0.2, 0.25) is 0 Å². The van der Waals surface area contributed by atoms with Crippen molar-refractivity contribution < 1.29 is 19.1 Å². The van der Waals surface area contributed by atoms with E-state index in [0.29, 0.717) is 22.8 Å². The summed E-state index contributed by atoms with van der Waals surface area (Å²) in [6.07, 6.45) is 0.779. The minimum atomic E-state index is -0.419. The van der Waals surface area contributed by atoms with E-state index >= 15 is 0 Å². The van der Waals surface area contributed by atoms with E-state index in [4.69, 9.17) is 9.47 Å². The molecular weight excluding hydrogens is 312 g/mol. The van der Waals surface area contributed by atoms with Crippen molar-refractivity contribution in [1.29, 1.82) is 0 Å². The van der Waals surface area contributed by atoms with Crippen LogP contribution in [0.4, 0.5) is 0 Å². The number of thiophene rings is 1. The summed E-state index contributed by atoms with van der Waals surface area (Å²) in [4.78, 5) is 23.4. The third-order valence-electron chi connectivity index (χ3n) is 3.42. The van der Waals surface area contributed by atoms with E-state index in [2.05, 4.69) is 0 Å². The lowest BCUT2D eigenvalue weighted by atomic mass is 10.1. The standard InChI is InChI=1S/C18H14O4S/c1-21-18(20)16-9-14-15(8-7-13(10-19)17(14)23-16)22-11-12-5-3-2-4-6-12/h2-10H,11H2,1H3. The Morgan fingerprint density at radius 2 is 1.96 bits per heavy atom. The topological polar surface area (TPSA) is 52.6 Å². The fourth-order valence-corrected chi connectivity index (χ4v) is 3.34. The lowest BCUT2D eigenvalue weighted by molar-refractivity contribution is 0.0606. The van der Waals surface area contributed by atoms with E-state index in [-0.39, 0.29) is 0 Å². The number of hydrogen-bond donors (Lipinski definition) is 0. The van der Waals surface area contributed by atoms with Crippen LogP contribution in [0.1, 0.15) is 25.6 Å². The number of fused-ring (bicyclic) bond motifs is 1. The Hall–Kier alpha value is -2.66. The molecule has 1 aromatic heterocycles. The first-order chi connectivity index (χ1) is 11.2. The molecule has 0 aliphatic carbocycles. The molecule has 0 bridgehead atoms. The Morgan fingerprint density at radius 3 is 2.65 bits per heavy atom. The lowest BCUT2D eigenvalue weighted by Gasteiger charge is -2.08. The molecule has 0 aliphatic heterocycles. The zero-order chi connectivity index (χ0) is 16.2. The Bertz CT molecular complexity index is 852. The van der Waals surface area contributed by atoms with Crippen LogP contribution < -0.4 is 4.74 Å². The smallest absolute Gasteiger partial charge is 0.348 e. The van der Waals surface area contributed by atoms with Crippen LogP contribution in [0.3, 0.4) is 0 Å². The molecule has 0 aliphatic rings. The predicted molar refractivity (Wildman–Crippen MR) is 89.3 cm³/mol. The lowest BCUT2D eigenvalue weighted by Crippen LogP contribution is -1.97. The van der Waals surface area contributed by atoms with Crippen LogP contribution in [0.25, 0.3) is 10.1 Å². The molecule has 0 unspecified atom stereocenters. The molecule has 2 aromatic carbocycles. The molecule has 0 fully saturated rings. The van der Waals surface area contributed by atoms with Gasteiger partial charge in [0.1, 0.15) is 17.2 Å². The van der Waals surface area contributed by atoms with Gasteiger partial charge in [-0.1, -0.05) is 30.3 Å². The molecule has 0 N–H and O–H groups in total. The van der Waals surface area contributed by atoms with E-state index < -0.39 is 5.97 Å². The van der Waals surface area contributed by atoms with Gasteiger partial charge in [0.25, 0.3) is 0 Å². The van der Waals surface area contributed by atoms with Gasteiger partial charge in [0.15, 0.2) is 6.29 Å². The molecule has 3 rings (SSSR count). The molecule has 0 saturated carbocycles. The van der Waals surface area contributed by atoms with E-state index in [1.807, 2.05) is 30.3 Å². The third kappa shape index (κ3) is 3.10. The van der Waals surface area contributed by atoms with Crippen molar-refractivity contribution in [3.05, 3.63) is 64.5 Å². The van der Waals surface area contributed by atoms with E-state index in [0.717, 1.165) is 21.9 Å². The van der Waals surface area contributed by atoms with Crippen LogP contribution >= 0.6 is 11.3 Å². The fraction of sp³-hybridized carbons (Fsp3) is 0.111. The Morgan fingerprint density at radius 1 is 1.17 bits per heavy atom. The van der Waals surface area contributed by atoms with Crippen LogP contribution in [0.5, 0.6) is 5.75 Å². The average Bonchev–Trinajstić information content (AvgIpc) is 3.05. The van der Waals surface area contributed by atoms with Gasteiger partial charge in [-0.05, 0) is 23.8 Å². The Balaban J connectivity index is 1.98. The largest absolute Gasteiger partial charge is 0.488 e. The van der Waals surface area contributed by atoms with E-state index in [9.17, 15) is 9.59 Å². The number of hydrogen-bond acceptors (Lipinski definition) is 5. The summed E-state index contributed by atoms with van der Waals surface area (Å²) in [5, 5.41) is 0.746. The summed E-state index contributed by atoms with van der Waals surface area (Å²) in [6.45, 7) is 0.416. The zero-order valence-corrected chi connectivity index (χ0v) is 13.3. The molecule has 3 aromatic rings. The molecular formula is C18H14O4S. The van der Waals surface area contributed by atoms with Crippen molar-refractivity contribution in [1.82, 2.24) is 0 Å². The SMILES string of the molecule is COC(=O)c1cc2c(OCc3ccccc3)ccc(C=O)c2s1. The summed E-state index contributed by atoms with van der Waals surface area (Å²) in [5.41, 5.74) is 1.58. The first kappa shape index (κ1) is 15.2. The molecule has 1 heterocycles. The van der Waals surface area contributed by atoms with Crippen LogP contribution in [0, 0.1) is 0 Å². The summed E-state index contributed by atoms with van der Waals surface area (Å²) >= 11 is 1.23. The molecule has 5 heteroatoms. The van der Waals surface area contributed by atoms with Crippen molar-refractivity contribution in [2.75, 3.05) is 7.11 Å². The average molecular weight is 326 g/mol. The van der Waals surface area contributed by atoms with E-state index in [1.165, 1.54) is 18.4 Å². The van der Waals surface area contributed by atoms with Gasteiger partial charge in [-0.2, -0.15) is 0 Å². The van der Waals surface area contributed by atoms with Gasteiger partial charge in [-0.15, -0.1) is 11.3 Å². The molecule has 0 amide bonds. The summed E-state index contributed by atoms with van der Waals surface area (Å²) in [6, 6.07) is 15.0. The highest BCUT2D eigenvalue weighted by atomic mass is 32.1. The molecule has 116 valence electrons.